The molecule has 0 bridgehead atoms. The van der Waals surface area contributed by atoms with Crippen molar-refractivity contribution in [2.75, 3.05) is 25.5 Å². The van der Waals surface area contributed by atoms with Crippen molar-refractivity contribution in [1.29, 1.82) is 0 Å². The third-order valence-electron chi connectivity index (χ3n) is 3.20. The van der Waals surface area contributed by atoms with E-state index in [4.69, 9.17) is 10.5 Å². The highest BCUT2D eigenvalue weighted by atomic mass is 16.6. The number of hydrogen-bond acceptors (Lipinski definition) is 5. The number of hydrogen-bond donors (Lipinski definition) is 2. The lowest BCUT2D eigenvalue weighted by Gasteiger charge is -2.19. The lowest BCUT2D eigenvalue weighted by atomic mass is 9.96. The molecule has 1 aromatic rings. The number of methoxy groups -OCH3 is 1. The minimum atomic E-state index is -0.419. The summed E-state index contributed by atoms with van der Waals surface area (Å²) in [6.45, 7) is 5.33. The maximum atomic E-state index is 11.0. The maximum Gasteiger partial charge on any atom is 0.296 e. The molecule has 106 valence electrons. The minimum absolute atomic E-state index is 0.0128. The number of nitrogens with one attached hydrogen (secondary N) is 1. The normalized spacial score (nSPS) is 12.3. The van der Waals surface area contributed by atoms with Crippen LogP contribution >= 0.6 is 0 Å². The predicted octanol–water partition coefficient (Wildman–Crippen LogP) is 2.25. The highest BCUT2D eigenvalue weighted by Crippen LogP contribution is 2.29. The van der Waals surface area contributed by atoms with Gasteiger partial charge in [-0.05, 0) is 30.5 Å². The molecule has 19 heavy (non-hydrogen) atoms. The summed E-state index contributed by atoms with van der Waals surface area (Å²) in [5.41, 5.74) is 6.19. The number of anilines is 1. The Morgan fingerprint density at radius 3 is 2.63 bits per heavy atom. The molecule has 0 aliphatic carbocycles. The molecule has 1 unspecified atom stereocenters. The SMILES string of the molecule is COc1ccc(NCC(CN)C(C)C)c([N+](=O)[O-])c1. The Balaban J connectivity index is 2.85. The van der Waals surface area contributed by atoms with E-state index in [1.165, 1.54) is 13.2 Å². The van der Waals surface area contributed by atoms with Crippen molar-refractivity contribution in [2.24, 2.45) is 17.6 Å². The van der Waals surface area contributed by atoms with E-state index < -0.39 is 4.92 Å². The second kappa shape index (κ2) is 6.94. The summed E-state index contributed by atoms with van der Waals surface area (Å²) in [4.78, 5) is 10.6. The predicted molar refractivity (Wildman–Crippen MR) is 75.5 cm³/mol. The number of nitrogens with zero attached hydrogens (tertiary/aromatic N) is 1. The average Bonchev–Trinajstić information content (AvgIpc) is 2.38. The Morgan fingerprint density at radius 1 is 1.47 bits per heavy atom. The van der Waals surface area contributed by atoms with Crippen LogP contribution in [0.5, 0.6) is 5.75 Å². The highest BCUT2D eigenvalue weighted by molar-refractivity contribution is 5.63. The molecule has 0 spiro atoms. The van der Waals surface area contributed by atoms with Crippen molar-refractivity contribution < 1.29 is 9.66 Å². The van der Waals surface area contributed by atoms with E-state index in [9.17, 15) is 10.1 Å². The van der Waals surface area contributed by atoms with Crippen LogP contribution in [0.25, 0.3) is 0 Å². The maximum absolute atomic E-state index is 11.0. The molecule has 1 atom stereocenters. The average molecular weight is 267 g/mol. The van der Waals surface area contributed by atoms with Gasteiger partial charge in [0.2, 0.25) is 0 Å². The van der Waals surface area contributed by atoms with E-state index in [0.29, 0.717) is 30.4 Å². The van der Waals surface area contributed by atoms with E-state index in [1.807, 2.05) is 0 Å². The second-order valence-electron chi connectivity index (χ2n) is 4.76. The van der Waals surface area contributed by atoms with Crippen LogP contribution in [0.1, 0.15) is 13.8 Å². The van der Waals surface area contributed by atoms with E-state index in [1.54, 1.807) is 12.1 Å². The second-order valence-corrected chi connectivity index (χ2v) is 4.76. The van der Waals surface area contributed by atoms with Crippen LogP contribution in [0.3, 0.4) is 0 Å². The summed E-state index contributed by atoms with van der Waals surface area (Å²) in [6, 6.07) is 4.77. The fraction of sp³-hybridized carbons (Fsp3) is 0.538. The molecule has 1 aromatic carbocycles. The Bertz CT molecular complexity index is 435. The number of nitro benzene ring substituents is 1. The smallest absolute Gasteiger partial charge is 0.296 e. The first-order valence-corrected chi connectivity index (χ1v) is 6.26. The lowest BCUT2D eigenvalue weighted by molar-refractivity contribution is -0.384. The molecule has 1 rings (SSSR count). The summed E-state index contributed by atoms with van der Waals surface area (Å²) >= 11 is 0. The van der Waals surface area contributed by atoms with Crippen LogP contribution in [0.15, 0.2) is 18.2 Å². The standard InChI is InChI=1S/C13H21N3O3/c1-9(2)10(7-14)8-15-12-5-4-11(19-3)6-13(12)16(17)18/h4-6,9-10,15H,7-8,14H2,1-3H3. The van der Waals surface area contributed by atoms with Gasteiger partial charge in [-0.3, -0.25) is 10.1 Å². The summed E-state index contributed by atoms with van der Waals surface area (Å²) in [6.07, 6.45) is 0. The number of ether oxygens (including phenoxy) is 1. The first-order chi connectivity index (χ1) is 8.99. The molecule has 0 amide bonds. The molecule has 6 heteroatoms. The first kappa shape index (κ1) is 15.2. The van der Waals surface area contributed by atoms with Gasteiger partial charge in [0.15, 0.2) is 0 Å². The van der Waals surface area contributed by atoms with Gasteiger partial charge >= 0.3 is 0 Å². The van der Waals surface area contributed by atoms with Crippen molar-refractivity contribution in [3.63, 3.8) is 0 Å². The molecular weight excluding hydrogens is 246 g/mol. The van der Waals surface area contributed by atoms with Crippen LogP contribution in [-0.4, -0.2) is 25.1 Å². The largest absolute Gasteiger partial charge is 0.496 e. The Kier molecular flexibility index (Phi) is 5.57. The zero-order valence-corrected chi connectivity index (χ0v) is 11.6. The van der Waals surface area contributed by atoms with Crippen LogP contribution in [-0.2, 0) is 0 Å². The molecule has 0 heterocycles. The monoisotopic (exact) mass is 267 g/mol. The quantitative estimate of drug-likeness (QED) is 0.584. The third-order valence-corrected chi connectivity index (χ3v) is 3.20. The van der Waals surface area contributed by atoms with E-state index in [0.717, 1.165) is 0 Å². The van der Waals surface area contributed by atoms with E-state index in [-0.39, 0.29) is 11.6 Å². The summed E-state index contributed by atoms with van der Waals surface area (Å²) in [5, 5.41) is 14.1. The topological polar surface area (TPSA) is 90.4 Å². The van der Waals surface area contributed by atoms with Crippen LogP contribution in [0.4, 0.5) is 11.4 Å². The van der Waals surface area contributed by atoms with E-state index >= 15 is 0 Å². The molecule has 6 nitrogen and oxygen atoms in total. The molecule has 0 aliphatic heterocycles. The molecule has 0 aromatic heterocycles. The molecule has 0 radical (unpaired) electrons. The molecule has 0 fully saturated rings. The van der Waals surface area contributed by atoms with Gasteiger partial charge in [0.25, 0.3) is 5.69 Å². The Labute approximate surface area is 113 Å². The van der Waals surface area contributed by atoms with Crippen LogP contribution in [0.2, 0.25) is 0 Å². The number of nitro groups is 1. The van der Waals surface area contributed by atoms with Crippen molar-refractivity contribution in [3.05, 3.63) is 28.3 Å². The van der Waals surface area contributed by atoms with Gasteiger partial charge in [-0.25, -0.2) is 0 Å². The zero-order chi connectivity index (χ0) is 14.4. The van der Waals surface area contributed by atoms with Crippen LogP contribution in [0, 0.1) is 22.0 Å². The van der Waals surface area contributed by atoms with Crippen molar-refractivity contribution in [2.45, 2.75) is 13.8 Å². The number of nitrogens with two attached hydrogens (primary N) is 1. The zero-order valence-electron chi connectivity index (χ0n) is 11.6. The summed E-state index contributed by atoms with van der Waals surface area (Å²) in [7, 11) is 1.48. The van der Waals surface area contributed by atoms with Gasteiger partial charge in [-0.1, -0.05) is 13.8 Å². The van der Waals surface area contributed by atoms with Gasteiger partial charge in [-0.15, -0.1) is 0 Å². The minimum Gasteiger partial charge on any atom is -0.496 e. The number of rotatable bonds is 7. The van der Waals surface area contributed by atoms with Crippen molar-refractivity contribution >= 4 is 11.4 Å². The number of benzene rings is 1. The Hall–Kier alpha value is -1.82. The summed E-state index contributed by atoms with van der Waals surface area (Å²) < 4.78 is 4.99. The van der Waals surface area contributed by atoms with Gasteiger partial charge < -0.3 is 15.8 Å². The molecular formula is C13H21N3O3. The van der Waals surface area contributed by atoms with Gasteiger partial charge in [0.05, 0.1) is 18.1 Å². The highest BCUT2D eigenvalue weighted by Gasteiger charge is 2.17. The van der Waals surface area contributed by atoms with Crippen LogP contribution < -0.4 is 15.8 Å². The van der Waals surface area contributed by atoms with Gasteiger partial charge in [0.1, 0.15) is 11.4 Å². The molecule has 0 aliphatic rings. The fourth-order valence-corrected chi connectivity index (χ4v) is 1.77. The van der Waals surface area contributed by atoms with Gasteiger partial charge in [0, 0.05) is 6.54 Å². The van der Waals surface area contributed by atoms with Gasteiger partial charge in [-0.2, -0.15) is 0 Å². The third kappa shape index (κ3) is 4.10. The van der Waals surface area contributed by atoms with E-state index in [2.05, 4.69) is 19.2 Å². The van der Waals surface area contributed by atoms with Crippen molar-refractivity contribution in [3.8, 4) is 5.75 Å². The molecule has 0 saturated heterocycles. The lowest BCUT2D eigenvalue weighted by Crippen LogP contribution is -2.27. The summed E-state index contributed by atoms with van der Waals surface area (Å²) in [5.74, 6) is 1.17. The molecule has 3 N–H and O–H groups in total. The Morgan fingerprint density at radius 2 is 2.16 bits per heavy atom. The fourth-order valence-electron chi connectivity index (χ4n) is 1.77. The van der Waals surface area contributed by atoms with Crippen molar-refractivity contribution in [1.82, 2.24) is 0 Å². The molecule has 0 saturated carbocycles. The first-order valence-electron chi connectivity index (χ1n) is 6.26.